The fourth-order valence-corrected chi connectivity index (χ4v) is 15.5. The number of sulfonamides is 2. The molecule has 14 rings (SSSR count). The molecule has 12 atom stereocenters. The summed E-state index contributed by atoms with van der Waals surface area (Å²) in [5.74, 6) is -7.13. The van der Waals surface area contributed by atoms with Gasteiger partial charge in [0.15, 0.2) is 0 Å². The smallest absolute Gasteiger partial charge is 0.256 e. The minimum Gasteiger partial charge on any atom is -0.487 e. The molecule has 630 valence electrons. The van der Waals surface area contributed by atoms with Crippen molar-refractivity contribution in [3.8, 4) is 11.5 Å². The van der Waals surface area contributed by atoms with Crippen molar-refractivity contribution in [2.45, 2.75) is 173 Å². The van der Waals surface area contributed by atoms with Gasteiger partial charge in [-0.3, -0.25) is 62.4 Å². The Morgan fingerprint density at radius 1 is 0.534 bits per heavy atom. The molecule has 12 N–H and O–H groups in total. The van der Waals surface area contributed by atoms with Crippen molar-refractivity contribution in [3.63, 3.8) is 0 Å². The first-order valence-corrected chi connectivity index (χ1v) is 42.7. The summed E-state index contributed by atoms with van der Waals surface area (Å²) in [6.45, 7) is 13.3. The number of likely N-dealkylation sites (N-methyl/N-ethyl adjacent to an activating group) is 2. The van der Waals surface area contributed by atoms with E-state index >= 15 is 28.8 Å². The van der Waals surface area contributed by atoms with Crippen molar-refractivity contribution in [3.05, 3.63) is 180 Å². The number of hydrogen-bond donors (Lipinski definition) is 12. The second kappa shape index (κ2) is 36.9. The third-order valence-electron chi connectivity index (χ3n) is 21.3. The van der Waals surface area contributed by atoms with E-state index < -0.39 is 162 Å². The molecule has 118 heavy (non-hydrogen) atoms. The predicted molar refractivity (Wildman–Crippen MR) is 438 cm³/mol. The van der Waals surface area contributed by atoms with E-state index in [1.54, 1.807) is 148 Å². The van der Waals surface area contributed by atoms with Crippen molar-refractivity contribution >= 4 is 101 Å². The van der Waals surface area contributed by atoms with Gasteiger partial charge in [-0.1, -0.05) is 156 Å². The molecule has 2 fully saturated rings. The van der Waals surface area contributed by atoms with Gasteiger partial charge in [-0.2, -0.15) is 0 Å². The summed E-state index contributed by atoms with van der Waals surface area (Å²) < 4.78 is 69.2. The maximum absolute atomic E-state index is 15.5. The van der Waals surface area contributed by atoms with Crippen LogP contribution in [0.25, 0.3) is 21.5 Å². The number of carbonyl (C=O) groups is 10. The van der Waals surface area contributed by atoms with Crippen LogP contribution in [-0.2, 0) is 100 Å². The summed E-state index contributed by atoms with van der Waals surface area (Å²) >= 11 is 0. The van der Waals surface area contributed by atoms with Gasteiger partial charge in [0.1, 0.15) is 78.7 Å². The molecule has 1 aromatic heterocycles. The van der Waals surface area contributed by atoms with E-state index in [0.29, 0.717) is 45.1 Å². The van der Waals surface area contributed by atoms with E-state index in [1.165, 1.54) is 14.5 Å². The maximum atomic E-state index is 15.5. The van der Waals surface area contributed by atoms with Crippen molar-refractivity contribution in [2.24, 2.45) is 10.8 Å². The van der Waals surface area contributed by atoms with E-state index in [2.05, 4.69) is 63.8 Å². The zero-order chi connectivity index (χ0) is 85.3. The van der Waals surface area contributed by atoms with Crippen molar-refractivity contribution in [1.29, 1.82) is 0 Å². The largest absolute Gasteiger partial charge is 0.487 e. The number of amides is 10. The molecule has 6 aromatic carbocycles. The lowest BCUT2D eigenvalue weighted by Crippen LogP contribution is -2.61. The van der Waals surface area contributed by atoms with Gasteiger partial charge in [0.05, 0.1) is 48.6 Å². The fourth-order valence-electron chi connectivity index (χ4n) is 14.5. The summed E-state index contributed by atoms with van der Waals surface area (Å²) in [5.41, 5.74) is 7.11. The number of rotatable bonds is 16. The van der Waals surface area contributed by atoms with Crippen LogP contribution in [-0.4, -0.2) is 218 Å². The Bertz CT molecular complexity index is 5190. The number of nitrogens with zero attached hydrogens (tertiary/aromatic N) is 6. The Labute approximate surface area is 685 Å². The zero-order valence-electron chi connectivity index (χ0n) is 67.9. The second-order valence-electron chi connectivity index (χ2n) is 32.7. The van der Waals surface area contributed by atoms with Gasteiger partial charge in [-0.15, -0.1) is 10.6 Å². The van der Waals surface area contributed by atoms with Gasteiger partial charge in [0, 0.05) is 57.8 Å². The van der Waals surface area contributed by atoms with Crippen LogP contribution in [0, 0.1) is 10.8 Å². The number of carbonyl (C=O) groups excluding carboxylic acids is 10. The van der Waals surface area contributed by atoms with E-state index in [1.807, 2.05) is 82.2 Å². The lowest BCUT2D eigenvalue weighted by molar-refractivity contribution is -0.144. The minimum absolute atomic E-state index is 0.0522. The highest BCUT2D eigenvalue weighted by Crippen LogP contribution is 2.34. The van der Waals surface area contributed by atoms with Crippen molar-refractivity contribution < 1.29 is 74.3 Å². The van der Waals surface area contributed by atoms with Crippen LogP contribution in [0.4, 0.5) is 0 Å². The molecule has 2 saturated heterocycles. The first-order valence-electron chi connectivity index (χ1n) is 38.9. The molecule has 0 aliphatic carbocycles. The molecule has 7 aliphatic heterocycles. The summed E-state index contributed by atoms with van der Waals surface area (Å²) in [5, 5.41) is 36.7. The van der Waals surface area contributed by atoms with E-state index in [0.717, 1.165) is 34.1 Å². The minimum atomic E-state index is -4.23. The van der Waals surface area contributed by atoms with E-state index in [9.17, 15) is 36.0 Å². The molecular formula is C82H104N18O16S2. The molecular weight excluding hydrogens is 1560 g/mol. The van der Waals surface area contributed by atoms with Crippen LogP contribution in [0.5, 0.6) is 11.5 Å². The average molecular weight is 1660 g/mol. The van der Waals surface area contributed by atoms with Crippen LogP contribution in [0.1, 0.15) is 102 Å². The Kier molecular flexibility index (Phi) is 27.3. The Morgan fingerprint density at radius 2 is 0.949 bits per heavy atom. The number of fused-ring (bicyclic) bond motifs is 2. The van der Waals surface area contributed by atoms with Gasteiger partial charge >= 0.3 is 0 Å². The standard InChI is InChI=1S/C82H104N18O16S2/c1-47(83-9)71(101)89-69(81(3,4)5)79(109)97-43-59-39-67(97)77(107)87-63(37-51-21-27-53-17-13-15-19-55(53)33-51)73(103)85-65(75(105)93-117(11,111)112)35-49-25-31-62(32-26-49)116-46-58-42-100(96-92-58)60-40-68(98(44-60)80(110)70(82(6,7)8)90-72(102)48(2)84-10)78(108)88-64(38-52-22-28-54-18-14-16-20-56(54)34-52)74(104)86-66(76(106)94-118(12,113)114)36-50-23-29-61(30-24-50)115-45-57-41-99(59)95-91-57/h13-34,41-42,47-48,59-60,63-70,83-84,91,95H,35-40,43-46H2,1-12H3,(H,85,103)(H,86,104)(H,87,107)(H,88,108)(H,89,101)(H,90,102)(H,93,105)(H,94,106)/t47-,48-,59-,60-,63-,64-,65-,66-,67-,68-,69+,70+/m0/s1. The molecule has 0 spiro atoms. The number of likely N-dealkylation sites (tertiary alicyclic amines) is 2. The highest BCUT2D eigenvalue weighted by molar-refractivity contribution is 7.89. The molecule has 0 radical (unpaired) electrons. The highest BCUT2D eigenvalue weighted by Gasteiger charge is 2.50. The zero-order valence-corrected chi connectivity index (χ0v) is 69.5. The first-order chi connectivity index (χ1) is 55.8. The van der Waals surface area contributed by atoms with E-state index in [4.69, 9.17) is 9.47 Å². The van der Waals surface area contributed by atoms with Crippen LogP contribution in [0.15, 0.2) is 152 Å². The molecule has 34 nitrogen and oxygen atoms in total. The predicted octanol–water partition coefficient (Wildman–Crippen LogP) is 1.47. The van der Waals surface area contributed by atoms with Gasteiger partial charge in [-0.25, -0.2) is 21.5 Å². The topological polar surface area (TPSA) is 442 Å². The Balaban J connectivity index is 0.957. The maximum Gasteiger partial charge on any atom is 0.256 e. The normalized spacial score (nSPS) is 21.8. The van der Waals surface area contributed by atoms with Crippen molar-refractivity contribution in [2.75, 3.05) is 46.3 Å². The molecule has 10 amide bonds. The number of nitrogens with one attached hydrogen (secondary N) is 12. The molecule has 12 bridgehead atoms. The van der Waals surface area contributed by atoms with Gasteiger partial charge in [0.25, 0.3) is 11.8 Å². The summed E-state index contributed by atoms with van der Waals surface area (Å²) in [4.78, 5) is 151. The van der Waals surface area contributed by atoms with Gasteiger partial charge in [0.2, 0.25) is 67.3 Å². The lowest BCUT2D eigenvalue weighted by atomic mass is 9.85. The highest BCUT2D eigenvalue weighted by atomic mass is 32.2. The molecule has 0 saturated carbocycles. The second-order valence-corrected chi connectivity index (χ2v) is 36.2. The van der Waals surface area contributed by atoms with Crippen molar-refractivity contribution in [1.82, 2.24) is 92.7 Å². The third-order valence-corrected chi connectivity index (χ3v) is 22.4. The van der Waals surface area contributed by atoms with Crippen LogP contribution < -0.4 is 72.4 Å². The fraction of sp³-hybridized carbons (Fsp3) is 0.439. The Hall–Kier alpha value is -11.6. The number of aromatic nitrogens is 3. The van der Waals surface area contributed by atoms with Crippen LogP contribution >= 0.6 is 0 Å². The number of ether oxygens (including phenoxy) is 2. The molecule has 8 heterocycles. The SMILES string of the molecule is CN[C@@H](C)C(=O)N[C@H](C(=O)N1C[C@@H]2C[C@H]1C(=O)N[C@@H](Cc1ccc3ccccc3c1)C(=O)N[C@H](C(=O)NS(C)(=O)=O)Cc1ccc(cc1)OCc1cn(nn1)[C@H]1C[C@@H](C(=O)N[C@@H](Cc3ccc4ccccc4c3)C(=O)N[C@H](C(=O)NS(C)(=O)=O)Cc3ccc(cc3)OCC3=CN2NN3)N(C(=O)[C@@H](NC(=O)[C@H](C)NC)C(C)(C)C)C1)C(C)(C)C. The average Bonchev–Trinajstić information content (AvgIpc) is 1.62. The van der Waals surface area contributed by atoms with Gasteiger partial charge in [-0.05, 0) is 107 Å². The molecule has 7 aromatic rings. The monoisotopic (exact) mass is 1660 g/mol. The first kappa shape index (κ1) is 87.2. The number of hydrazine groups is 2. The molecule has 0 unspecified atom stereocenters. The summed E-state index contributed by atoms with van der Waals surface area (Å²) in [6, 6.07) is 24.6. The van der Waals surface area contributed by atoms with E-state index in [-0.39, 0.29) is 64.8 Å². The number of hydrogen-bond acceptors (Lipinski definition) is 23. The van der Waals surface area contributed by atoms with Crippen LogP contribution in [0.3, 0.4) is 0 Å². The van der Waals surface area contributed by atoms with Crippen LogP contribution in [0.2, 0.25) is 0 Å². The Morgan fingerprint density at radius 3 is 1.37 bits per heavy atom. The molecule has 7 aliphatic rings. The summed E-state index contributed by atoms with van der Waals surface area (Å²) in [6.07, 6.45) is 3.77. The summed E-state index contributed by atoms with van der Waals surface area (Å²) in [7, 11) is -5.28. The lowest BCUT2D eigenvalue weighted by Gasteiger charge is -2.36. The number of benzene rings is 6. The third kappa shape index (κ3) is 22.6. The molecule has 36 heteroatoms. The van der Waals surface area contributed by atoms with Gasteiger partial charge < -0.3 is 67.2 Å². The quantitative estimate of drug-likeness (QED) is 0.0652.